The summed E-state index contributed by atoms with van der Waals surface area (Å²) in [6.07, 6.45) is 2.41. The lowest BCUT2D eigenvalue weighted by atomic mass is 10.0. The molecule has 1 aliphatic heterocycles. The molecule has 1 aliphatic rings. The smallest absolute Gasteiger partial charge is 0.253 e. The van der Waals surface area contributed by atoms with Crippen LogP contribution in [0, 0.1) is 23.0 Å². The van der Waals surface area contributed by atoms with Crippen LogP contribution in [-0.2, 0) is 4.74 Å². The minimum atomic E-state index is -0.708. The van der Waals surface area contributed by atoms with Gasteiger partial charge in [-0.1, -0.05) is 6.07 Å². The molecule has 4 aromatic rings. The van der Waals surface area contributed by atoms with Gasteiger partial charge >= 0.3 is 0 Å². The highest BCUT2D eigenvalue weighted by atomic mass is 19.1. The molecule has 0 bridgehead atoms. The molecule has 1 saturated heterocycles. The van der Waals surface area contributed by atoms with E-state index in [1.54, 1.807) is 12.1 Å². The van der Waals surface area contributed by atoms with E-state index in [0.29, 0.717) is 42.9 Å². The van der Waals surface area contributed by atoms with Crippen molar-refractivity contribution in [3.8, 4) is 34.3 Å². The van der Waals surface area contributed by atoms with Gasteiger partial charge < -0.3 is 23.9 Å². The van der Waals surface area contributed by atoms with Crippen molar-refractivity contribution in [2.24, 2.45) is 0 Å². The van der Waals surface area contributed by atoms with E-state index in [1.165, 1.54) is 36.2 Å². The van der Waals surface area contributed by atoms with Gasteiger partial charge in [0.15, 0.2) is 11.4 Å². The number of furan rings is 1. The Balaban J connectivity index is 1.50. The first-order valence-electron chi connectivity index (χ1n) is 12.4. The average Bonchev–Trinajstić information content (AvgIpc) is 3.37. The fourth-order valence-electron chi connectivity index (χ4n) is 4.53. The van der Waals surface area contributed by atoms with E-state index in [9.17, 15) is 10.1 Å². The minimum absolute atomic E-state index is 0.0682. The number of aromatic nitrogens is 1. The largest absolute Gasteiger partial charge is 0.489 e. The quantitative estimate of drug-likeness (QED) is 0.359. The third kappa shape index (κ3) is 5.32. The Morgan fingerprint density at radius 3 is 2.69 bits per heavy atom. The van der Waals surface area contributed by atoms with Gasteiger partial charge in [0.2, 0.25) is 0 Å². The maximum absolute atomic E-state index is 15.1. The van der Waals surface area contributed by atoms with E-state index >= 15 is 8.78 Å². The van der Waals surface area contributed by atoms with Gasteiger partial charge in [-0.2, -0.15) is 5.26 Å². The number of aliphatic hydroxyl groups is 1. The van der Waals surface area contributed by atoms with Crippen molar-refractivity contribution in [1.82, 2.24) is 9.88 Å². The average molecular weight is 534 g/mol. The molecule has 1 N–H and O–H groups in total. The lowest BCUT2D eigenvalue weighted by molar-refractivity contribution is 0.0254. The van der Waals surface area contributed by atoms with Crippen molar-refractivity contribution in [2.75, 3.05) is 33.4 Å². The molecule has 10 heteroatoms. The molecule has 39 heavy (non-hydrogen) atoms. The van der Waals surface area contributed by atoms with Gasteiger partial charge in [0.25, 0.3) is 5.91 Å². The number of likely N-dealkylation sites (N-methyl/N-ethyl adjacent to an activating group) is 1. The molecular formula is C29H25F2N3O5. The molecule has 3 heterocycles. The second-order valence-electron chi connectivity index (χ2n) is 9.20. The van der Waals surface area contributed by atoms with Crippen LogP contribution in [0.5, 0.6) is 5.75 Å². The number of fused-ring (bicyclic) bond motifs is 1. The van der Waals surface area contributed by atoms with Crippen molar-refractivity contribution in [1.29, 1.82) is 5.26 Å². The number of hydrogen-bond donors (Lipinski definition) is 1. The first kappa shape index (κ1) is 26.3. The Bertz CT molecular complexity index is 1570. The number of amides is 1. The van der Waals surface area contributed by atoms with Gasteiger partial charge in [0, 0.05) is 38.1 Å². The number of halogens is 2. The van der Waals surface area contributed by atoms with Crippen LogP contribution in [0.2, 0.25) is 0 Å². The molecule has 0 unspecified atom stereocenters. The Labute approximate surface area is 223 Å². The van der Waals surface area contributed by atoms with E-state index in [2.05, 4.69) is 11.1 Å². The van der Waals surface area contributed by atoms with E-state index in [-0.39, 0.29) is 52.9 Å². The first-order chi connectivity index (χ1) is 18.9. The number of carbonyl (C=O) groups excluding carboxylic acids is 1. The summed E-state index contributed by atoms with van der Waals surface area (Å²) in [6.45, 7) is 1.08. The molecule has 0 radical (unpaired) electrons. The van der Waals surface area contributed by atoms with Crippen molar-refractivity contribution >= 4 is 17.0 Å². The van der Waals surface area contributed by atoms with Crippen LogP contribution in [0.3, 0.4) is 0 Å². The van der Waals surface area contributed by atoms with Gasteiger partial charge in [0.1, 0.15) is 35.0 Å². The zero-order valence-electron chi connectivity index (χ0n) is 21.1. The number of aliphatic hydroxyl groups excluding tert-OH is 1. The fourth-order valence-corrected chi connectivity index (χ4v) is 4.53. The third-order valence-corrected chi connectivity index (χ3v) is 6.61. The lowest BCUT2D eigenvalue weighted by Gasteiger charge is -2.23. The highest BCUT2D eigenvalue weighted by Gasteiger charge is 2.22. The van der Waals surface area contributed by atoms with Gasteiger partial charge in [-0.3, -0.25) is 4.79 Å². The predicted molar refractivity (Wildman–Crippen MR) is 138 cm³/mol. The zero-order chi connectivity index (χ0) is 27.5. The number of rotatable bonds is 7. The topological polar surface area (TPSA) is 109 Å². The number of benzene rings is 2. The monoisotopic (exact) mass is 533 g/mol. The van der Waals surface area contributed by atoms with Crippen LogP contribution < -0.4 is 4.74 Å². The summed E-state index contributed by atoms with van der Waals surface area (Å²) in [5.74, 6) is -1.31. The molecule has 1 amide bonds. The number of ether oxygens (including phenoxy) is 2. The van der Waals surface area contributed by atoms with Crippen molar-refractivity contribution in [3.63, 3.8) is 0 Å². The summed E-state index contributed by atoms with van der Waals surface area (Å²) in [6, 6.07) is 12.3. The highest BCUT2D eigenvalue weighted by Crippen LogP contribution is 2.38. The minimum Gasteiger partial charge on any atom is -0.489 e. The van der Waals surface area contributed by atoms with Gasteiger partial charge in [0.05, 0.1) is 42.7 Å². The van der Waals surface area contributed by atoms with E-state index in [0.717, 1.165) is 12.3 Å². The third-order valence-electron chi connectivity index (χ3n) is 6.61. The standard InChI is InChI=1S/C29H25F2N3O5/c1-34(8-9-35)29(36)18-2-4-21(22(30)13-18)26-14-24-28(39-26)27(23(31)16-33-24)17-3-5-25(19(12-17)15-32)38-20-6-10-37-11-7-20/h2-5,12-14,16,20,35H,6-11H2,1H3. The molecule has 5 rings (SSSR count). The van der Waals surface area contributed by atoms with E-state index in [1.807, 2.05) is 0 Å². The predicted octanol–water partition coefficient (Wildman–Crippen LogP) is 4.93. The molecule has 0 atom stereocenters. The summed E-state index contributed by atoms with van der Waals surface area (Å²) >= 11 is 0. The molecular weight excluding hydrogens is 508 g/mol. The summed E-state index contributed by atoms with van der Waals surface area (Å²) in [5.41, 5.74) is 1.27. The SMILES string of the molecule is CN(CCO)C(=O)c1ccc(-c2cc3ncc(F)c(-c4ccc(OC5CCOCC5)c(C#N)c4)c3o2)c(F)c1. The molecule has 0 aliphatic carbocycles. The second kappa shape index (κ2) is 11.2. The van der Waals surface area contributed by atoms with Crippen LogP contribution >= 0.6 is 0 Å². The Morgan fingerprint density at radius 2 is 1.97 bits per heavy atom. The Morgan fingerprint density at radius 1 is 1.18 bits per heavy atom. The Kier molecular flexibility index (Phi) is 7.54. The van der Waals surface area contributed by atoms with Crippen molar-refractivity contribution < 1.29 is 32.6 Å². The van der Waals surface area contributed by atoms with Crippen LogP contribution in [0.1, 0.15) is 28.8 Å². The van der Waals surface area contributed by atoms with Crippen molar-refractivity contribution in [2.45, 2.75) is 18.9 Å². The first-order valence-corrected chi connectivity index (χ1v) is 12.4. The second-order valence-corrected chi connectivity index (χ2v) is 9.20. The molecule has 0 saturated carbocycles. The summed E-state index contributed by atoms with van der Waals surface area (Å²) < 4.78 is 47.4. The number of hydrogen-bond acceptors (Lipinski definition) is 7. The van der Waals surface area contributed by atoms with Crippen LogP contribution in [0.4, 0.5) is 8.78 Å². The summed E-state index contributed by atoms with van der Waals surface area (Å²) in [4.78, 5) is 17.8. The molecule has 8 nitrogen and oxygen atoms in total. The Hall–Kier alpha value is -4.33. The number of pyridine rings is 1. The molecule has 1 fully saturated rings. The molecule has 0 spiro atoms. The van der Waals surface area contributed by atoms with Crippen molar-refractivity contribution in [3.05, 3.63) is 71.4 Å². The molecule has 200 valence electrons. The van der Waals surface area contributed by atoms with Crippen LogP contribution in [0.15, 0.2) is 53.1 Å². The number of nitrogens with zero attached hydrogens (tertiary/aromatic N) is 3. The normalized spacial score (nSPS) is 13.8. The molecule has 2 aromatic carbocycles. The maximum atomic E-state index is 15.1. The van der Waals surface area contributed by atoms with E-state index in [4.69, 9.17) is 19.0 Å². The van der Waals surface area contributed by atoms with Crippen LogP contribution in [0.25, 0.3) is 33.6 Å². The highest BCUT2D eigenvalue weighted by molar-refractivity contribution is 5.95. The van der Waals surface area contributed by atoms with Gasteiger partial charge in [-0.15, -0.1) is 0 Å². The van der Waals surface area contributed by atoms with E-state index < -0.39 is 17.5 Å². The fraction of sp³-hybridized carbons (Fsp3) is 0.276. The molecule has 2 aromatic heterocycles. The zero-order valence-corrected chi connectivity index (χ0v) is 21.1. The summed E-state index contributed by atoms with van der Waals surface area (Å²) in [5, 5.41) is 18.8. The number of carbonyl (C=O) groups is 1. The summed E-state index contributed by atoms with van der Waals surface area (Å²) in [7, 11) is 1.51. The lowest BCUT2D eigenvalue weighted by Crippen LogP contribution is -2.29. The number of nitriles is 1. The maximum Gasteiger partial charge on any atom is 0.253 e. The van der Waals surface area contributed by atoms with Gasteiger partial charge in [-0.25, -0.2) is 13.8 Å². The van der Waals surface area contributed by atoms with Gasteiger partial charge in [-0.05, 0) is 35.9 Å². The van der Waals surface area contributed by atoms with Crippen LogP contribution in [-0.4, -0.2) is 60.4 Å².